The molecule has 1 aromatic heterocycles. The van der Waals surface area contributed by atoms with Gasteiger partial charge in [0.2, 0.25) is 11.8 Å². The molecule has 324 valence electrons. The summed E-state index contributed by atoms with van der Waals surface area (Å²) in [6, 6.07) is 11.1. The molecular weight excluding hydrogens is 766 g/mol. The number of likely N-dealkylation sites (tertiary alicyclic amines) is 2. The van der Waals surface area contributed by atoms with Crippen LogP contribution in [0.3, 0.4) is 0 Å². The Kier molecular flexibility index (Phi) is 13.9. The standard InChI is InChI=1S/C46H62FN7O6/c1-46(2,3)60-45(59)48-41(34-9-5-4-6-10-34)44(58)53-21-17-32(18-22-53)27-31-15-19-51(20-16-31)30-40(55)52-23-25-54(26-24-52)43(57)37-28-33(13-14-38(37)47)29-39-35-11-7-8-12-36(35)42(56)50-49-39/h7-8,11-14,28,31-32,34,41H,4-6,9-10,15-27,29-30H2,1-3H3,(H,48,59)(H,50,56)/t41-/m1/s1. The molecule has 13 nitrogen and oxygen atoms in total. The molecule has 4 amide bonds. The monoisotopic (exact) mass is 827 g/mol. The summed E-state index contributed by atoms with van der Waals surface area (Å²) in [4.78, 5) is 73.3. The normalized spacial score (nSPS) is 19.6. The van der Waals surface area contributed by atoms with Crippen molar-refractivity contribution in [1.82, 2.24) is 35.1 Å². The van der Waals surface area contributed by atoms with Gasteiger partial charge in [0.05, 0.1) is 23.2 Å². The molecule has 2 aromatic carbocycles. The minimum atomic E-state index is -0.627. The van der Waals surface area contributed by atoms with Crippen molar-refractivity contribution >= 4 is 34.6 Å². The van der Waals surface area contributed by atoms with Crippen molar-refractivity contribution in [3.8, 4) is 0 Å². The molecule has 3 saturated heterocycles. The molecule has 3 aliphatic heterocycles. The number of aromatic amines is 1. The van der Waals surface area contributed by atoms with E-state index in [0.717, 1.165) is 70.9 Å². The second kappa shape index (κ2) is 19.2. The van der Waals surface area contributed by atoms with Crippen LogP contribution in [0.1, 0.15) is 107 Å². The quantitative estimate of drug-likeness (QED) is 0.263. The number of carbonyl (C=O) groups excluding carboxylic acids is 4. The third-order valence-electron chi connectivity index (χ3n) is 13.0. The molecule has 4 fully saturated rings. The van der Waals surface area contributed by atoms with Gasteiger partial charge in [-0.3, -0.25) is 24.1 Å². The number of carbonyl (C=O) groups is 4. The summed E-state index contributed by atoms with van der Waals surface area (Å²) < 4.78 is 20.6. The minimum Gasteiger partial charge on any atom is -0.444 e. The molecular formula is C46H62FN7O6. The summed E-state index contributed by atoms with van der Waals surface area (Å²) in [7, 11) is 0. The lowest BCUT2D eigenvalue weighted by Crippen LogP contribution is -2.55. The predicted octanol–water partition coefficient (Wildman–Crippen LogP) is 5.75. The van der Waals surface area contributed by atoms with Crippen molar-refractivity contribution in [2.75, 3.05) is 58.9 Å². The number of amides is 4. The molecule has 3 aromatic rings. The molecule has 4 aliphatic rings. The summed E-state index contributed by atoms with van der Waals surface area (Å²) in [5.41, 5.74) is 0.413. The molecule has 0 radical (unpaired) electrons. The zero-order valence-electron chi connectivity index (χ0n) is 35.6. The highest BCUT2D eigenvalue weighted by Crippen LogP contribution is 2.32. The number of hydrogen-bond donors (Lipinski definition) is 2. The number of alkyl carbamates (subject to hydrolysis) is 1. The molecule has 1 saturated carbocycles. The van der Waals surface area contributed by atoms with Crippen LogP contribution in [0.4, 0.5) is 9.18 Å². The van der Waals surface area contributed by atoms with Gasteiger partial charge in [-0.05, 0) is 120 Å². The highest BCUT2D eigenvalue weighted by Gasteiger charge is 2.37. The maximum atomic E-state index is 15.0. The zero-order chi connectivity index (χ0) is 42.4. The Hall–Kier alpha value is -4.85. The smallest absolute Gasteiger partial charge is 0.408 e. The Morgan fingerprint density at radius 3 is 2.12 bits per heavy atom. The molecule has 1 atom stereocenters. The predicted molar refractivity (Wildman–Crippen MR) is 227 cm³/mol. The number of halogens is 1. The van der Waals surface area contributed by atoms with E-state index in [1.165, 1.54) is 12.5 Å². The topological polar surface area (TPSA) is 148 Å². The van der Waals surface area contributed by atoms with E-state index in [-0.39, 0.29) is 28.9 Å². The number of H-pyrrole nitrogens is 1. The van der Waals surface area contributed by atoms with Crippen molar-refractivity contribution in [3.63, 3.8) is 0 Å². The molecule has 0 spiro atoms. The van der Waals surface area contributed by atoms with Gasteiger partial charge in [-0.25, -0.2) is 14.3 Å². The SMILES string of the molecule is CC(C)(C)OC(=O)N[C@@H](C(=O)N1CCC(CC2CCN(CC(=O)N3CCN(C(=O)c4cc(Cc5n[nH]c(=O)c6ccccc56)ccc4F)CC3)CC2)CC1)C1CCCCC1. The fourth-order valence-electron chi connectivity index (χ4n) is 9.69. The fourth-order valence-corrected chi connectivity index (χ4v) is 9.69. The van der Waals surface area contributed by atoms with Crippen molar-refractivity contribution in [2.24, 2.45) is 17.8 Å². The van der Waals surface area contributed by atoms with Crippen LogP contribution in [-0.2, 0) is 20.7 Å². The highest BCUT2D eigenvalue weighted by molar-refractivity contribution is 5.95. The number of benzene rings is 2. The summed E-state index contributed by atoms with van der Waals surface area (Å²) >= 11 is 0. The Labute approximate surface area is 352 Å². The van der Waals surface area contributed by atoms with E-state index < -0.39 is 29.5 Å². The van der Waals surface area contributed by atoms with Crippen LogP contribution >= 0.6 is 0 Å². The van der Waals surface area contributed by atoms with Gasteiger partial charge in [-0.1, -0.05) is 43.5 Å². The minimum absolute atomic E-state index is 0.0150. The van der Waals surface area contributed by atoms with E-state index in [0.29, 0.717) is 86.1 Å². The largest absolute Gasteiger partial charge is 0.444 e. The Morgan fingerprint density at radius 1 is 0.817 bits per heavy atom. The van der Waals surface area contributed by atoms with Crippen molar-refractivity contribution < 1.29 is 28.3 Å². The third kappa shape index (κ3) is 10.9. The summed E-state index contributed by atoms with van der Waals surface area (Å²) in [5, 5.41) is 11.0. The molecule has 7 rings (SSSR count). The lowest BCUT2D eigenvalue weighted by molar-refractivity contribution is -0.137. The van der Waals surface area contributed by atoms with E-state index in [1.54, 1.807) is 29.2 Å². The van der Waals surface area contributed by atoms with Crippen molar-refractivity contribution in [2.45, 2.75) is 103 Å². The fraction of sp³-hybridized carbons (Fsp3) is 0.609. The van der Waals surface area contributed by atoms with E-state index in [4.69, 9.17) is 4.74 Å². The maximum absolute atomic E-state index is 15.0. The first-order valence-corrected chi connectivity index (χ1v) is 22.1. The van der Waals surface area contributed by atoms with E-state index in [2.05, 4.69) is 20.4 Å². The van der Waals surface area contributed by atoms with Crippen LogP contribution in [0.2, 0.25) is 0 Å². The van der Waals surface area contributed by atoms with Crippen LogP contribution in [0.15, 0.2) is 47.3 Å². The number of ether oxygens (including phenoxy) is 1. The van der Waals surface area contributed by atoms with E-state index in [9.17, 15) is 24.0 Å². The average Bonchev–Trinajstić information content (AvgIpc) is 3.25. The second-order valence-corrected chi connectivity index (χ2v) is 18.5. The number of nitrogens with zero attached hydrogens (tertiary/aromatic N) is 5. The number of fused-ring (bicyclic) bond motifs is 1. The highest BCUT2D eigenvalue weighted by atomic mass is 19.1. The summed E-state index contributed by atoms with van der Waals surface area (Å²) in [6.45, 7) is 10.5. The van der Waals surface area contributed by atoms with Gasteiger partial charge >= 0.3 is 6.09 Å². The summed E-state index contributed by atoms with van der Waals surface area (Å²) in [6.07, 6.45) is 10.2. The second-order valence-electron chi connectivity index (χ2n) is 18.5. The number of piperidine rings is 2. The molecule has 4 heterocycles. The first-order chi connectivity index (χ1) is 28.8. The maximum Gasteiger partial charge on any atom is 0.408 e. The van der Waals surface area contributed by atoms with Crippen LogP contribution in [0, 0.1) is 23.6 Å². The van der Waals surface area contributed by atoms with Crippen molar-refractivity contribution in [3.05, 3.63) is 75.5 Å². The van der Waals surface area contributed by atoms with Gasteiger partial charge in [0, 0.05) is 51.1 Å². The average molecular weight is 828 g/mol. The third-order valence-corrected chi connectivity index (χ3v) is 13.0. The van der Waals surface area contributed by atoms with Gasteiger partial charge in [-0.2, -0.15) is 5.10 Å². The zero-order valence-corrected chi connectivity index (χ0v) is 35.6. The number of nitrogens with one attached hydrogen (secondary N) is 2. The van der Waals surface area contributed by atoms with E-state index >= 15 is 4.39 Å². The van der Waals surface area contributed by atoms with Gasteiger partial charge in [-0.15, -0.1) is 0 Å². The lowest BCUT2D eigenvalue weighted by atomic mass is 9.81. The van der Waals surface area contributed by atoms with Crippen molar-refractivity contribution in [1.29, 1.82) is 0 Å². The number of aromatic nitrogens is 2. The number of hydrogen-bond acceptors (Lipinski definition) is 8. The van der Waals surface area contributed by atoms with Gasteiger partial charge in [0.25, 0.3) is 11.5 Å². The number of piperazine rings is 1. The first-order valence-electron chi connectivity index (χ1n) is 22.1. The Bertz CT molecular complexity index is 2060. The van der Waals surface area contributed by atoms with Crippen LogP contribution in [0.25, 0.3) is 10.8 Å². The van der Waals surface area contributed by atoms with Crippen LogP contribution in [0.5, 0.6) is 0 Å². The van der Waals surface area contributed by atoms with Crippen LogP contribution < -0.4 is 10.9 Å². The lowest BCUT2D eigenvalue weighted by Gasteiger charge is -2.39. The van der Waals surface area contributed by atoms with Gasteiger partial charge in [0.1, 0.15) is 17.5 Å². The van der Waals surface area contributed by atoms with Gasteiger partial charge < -0.3 is 24.8 Å². The first kappa shape index (κ1) is 43.2. The molecule has 0 bridgehead atoms. The molecule has 2 N–H and O–H groups in total. The molecule has 1 aliphatic carbocycles. The Balaban J connectivity index is 0.828. The molecule has 60 heavy (non-hydrogen) atoms. The van der Waals surface area contributed by atoms with Gasteiger partial charge in [0.15, 0.2) is 0 Å². The van der Waals surface area contributed by atoms with Crippen LogP contribution in [-0.4, -0.2) is 124 Å². The molecule has 14 heteroatoms. The Morgan fingerprint density at radius 2 is 1.45 bits per heavy atom. The molecule has 0 unspecified atom stereocenters. The summed E-state index contributed by atoms with van der Waals surface area (Å²) in [5.74, 6) is 0.375. The van der Waals surface area contributed by atoms with E-state index in [1.807, 2.05) is 42.7 Å². The number of rotatable bonds is 10.